The van der Waals surface area contributed by atoms with Crippen molar-refractivity contribution in [3.05, 3.63) is 39.7 Å². The first-order chi connectivity index (χ1) is 12.8. The molecule has 0 spiro atoms. The third kappa shape index (κ3) is 2.86. The van der Waals surface area contributed by atoms with Crippen LogP contribution in [-0.4, -0.2) is 47.5 Å². The number of halogens is 3. The highest BCUT2D eigenvalue weighted by Gasteiger charge is 2.41. The first kappa shape index (κ1) is 17.8. The monoisotopic (exact) mass is 381 g/mol. The number of carbonyl (C=O) groups is 1. The largest absolute Gasteiger partial charge is 0.477 e. The maximum atomic E-state index is 15.4. The van der Waals surface area contributed by atoms with Crippen molar-refractivity contribution in [1.82, 2.24) is 9.88 Å². The molecule has 2 aromatic rings. The minimum absolute atomic E-state index is 0.0171. The van der Waals surface area contributed by atoms with Crippen LogP contribution in [0.5, 0.6) is 0 Å². The van der Waals surface area contributed by atoms with Crippen molar-refractivity contribution in [2.24, 2.45) is 0 Å². The second-order valence-electron chi connectivity index (χ2n) is 7.12. The van der Waals surface area contributed by atoms with Gasteiger partial charge in [0.25, 0.3) is 0 Å². The zero-order chi connectivity index (χ0) is 19.5. The number of piperazine rings is 1. The number of nitrogens with zero attached hydrogens (tertiary/aromatic N) is 2. The fourth-order valence-corrected chi connectivity index (χ4v) is 3.71. The van der Waals surface area contributed by atoms with Crippen LogP contribution in [0.4, 0.5) is 18.9 Å². The fraction of sp³-hybridized carbons (Fsp3) is 0.444. The molecule has 2 fully saturated rings. The highest BCUT2D eigenvalue weighted by atomic mass is 19.1. The topological polar surface area (TPSA) is 74.6 Å². The lowest BCUT2D eigenvalue weighted by Crippen LogP contribution is -2.49. The number of benzene rings is 1. The van der Waals surface area contributed by atoms with E-state index in [0.717, 1.165) is 16.8 Å². The second kappa shape index (κ2) is 6.26. The summed E-state index contributed by atoms with van der Waals surface area (Å²) in [5.74, 6) is -3.42. The van der Waals surface area contributed by atoms with Gasteiger partial charge in [-0.3, -0.25) is 4.79 Å². The highest BCUT2D eigenvalue weighted by Crippen LogP contribution is 2.42. The van der Waals surface area contributed by atoms with Crippen molar-refractivity contribution in [2.45, 2.75) is 31.6 Å². The third-order valence-corrected chi connectivity index (χ3v) is 5.14. The highest BCUT2D eigenvalue weighted by molar-refractivity contribution is 5.94. The summed E-state index contributed by atoms with van der Waals surface area (Å²) in [4.78, 5) is 25.3. The van der Waals surface area contributed by atoms with Crippen LogP contribution in [0.2, 0.25) is 0 Å². The molecule has 3 atom stereocenters. The zero-order valence-corrected chi connectivity index (χ0v) is 14.5. The molecule has 4 rings (SSSR count). The Balaban J connectivity index is 2.00. The molecule has 2 aliphatic rings. The summed E-state index contributed by atoms with van der Waals surface area (Å²) >= 11 is 0. The number of aromatic carboxylic acids is 1. The van der Waals surface area contributed by atoms with E-state index in [2.05, 4.69) is 5.32 Å². The zero-order valence-electron chi connectivity index (χ0n) is 14.5. The van der Waals surface area contributed by atoms with E-state index < -0.39 is 46.2 Å². The maximum Gasteiger partial charge on any atom is 0.341 e. The van der Waals surface area contributed by atoms with Gasteiger partial charge < -0.3 is 19.9 Å². The Morgan fingerprint density at radius 3 is 2.67 bits per heavy atom. The Hall–Kier alpha value is -2.55. The number of carboxylic acid groups (broad SMARTS) is 1. The number of alkyl halides is 1. The van der Waals surface area contributed by atoms with Crippen molar-refractivity contribution in [3.63, 3.8) is 0 Å². The smallest absolute Gasteiger partial charge is 0.341 e. The first-order valence-corrected chi connectivity index (χ1v) is 8.72. The van der Waals surface area contributed by atoms with Gasteiger partial charge in [-0.1, -0.05) is 0 Å². The number of rotatable bonds is 3. The van der Waals surface area contributed by atoms with Gasteiger partial charge in [0, 0.05) is 38.3 Å². The lowest BCUT2D eigenvalue weighted by molar-refractivity contribution is 0.0694. The van der Waals surface area contributed by atoms with E-state index in [0.29, 0.717) is 19.6 Å². The van der Waals surface area contributed by atoms with E-state index in [-0.39, 0.29) is 23.7 Å². The van der Waals surface area contributed by atoms with Crippen LogP contribution in [0, 0.1) is 11.6 Å². The number of carboxylic acids is 1. The fourth-order valence-electron chi connectivity index (χ4n) is 3.71. The van der Waals surface area contributed by atoms with Gasteiger partial charge in [0.2, 0.25) is 5.43 Å². The van der Waals surface area contributed by atoms with Gasteiger partial charge in [0.15, 0.2) is 5.82 Å². The molecule has 0 amide bonds. The molecule has 1 saturated carbocycles. The molecule has 1 aliphatic carbocycles. The molecule has 2 N–H and O–H groups in total. The molecule has 3 unspecified atom stereocenters. The Kier molecular flexibility index (Phi) is 4.14. The number of nitrogens with one attached hydrogen (secondary N) is 1. The number of anilines is 1. The van der Waals surface area contributed by atoms with Gasteiger partial charge in [-0.05, 0) is 13.0 Å². The Morgan fingerprint density at radius 1 is 1.37 bits per heavy atom. The molecule has 1 aromatic carbocycles. The molecule has 1 saturated heterocycles. The van der Waals surface area contributed by atoms with E-state index in [1.807, 2.05) is 6.92 Å². The maximum absolute atomic E-state index is 15.4. The number of fused-ring (bicyclic) bond motifs is 1. The van der Waals surface area contributed by atoms with E-state index in [1.54, 1.807) is 4.90 Å². The quantitative estimate of drug-likeness (QED) is 0.852. The molecule has 27 heavy (non-hydrogen) atoms. The van der Waals surface area contributed by atoms with E-state index in [4.69, 9.17) is 0 Å². The molecule has 1 aromatic heterocycles. The lowest BCUT2D eigenvalue weighted by Gasteiger charge is -2.34. The van der Waals surface area contributed by atoms with Gasteiger partial charge in [-0.15, -0.1) is 0 Å². The Labute approximate surface area is 152 Å². The summed E-state index contributed by atoms with van der Waals surface area (Å²) in [6.07, 6.45) is -0.208. The molecular formula is C18H18F3N3O3. The van der Waals surface area contributed by atoms with Gasteiger partial charge in [-0.25, -0.2) is 18.0 Å². The van der Waals surface area contributed by atoms with Crippen molar-refractivity contribution in [3.8, 4) is 0 Å². The van der Waals surface area contributed by atoms with Crippen LogP contribution in [0.25, 0.3) is 10.9 Å². The molecule has 6 nitrogen and oxygen atoms in total. The molecule has 2 heterocycles. The van der Waals surface area contributed by atoms with E-state index in [9.17, 15) is 23.5 Å². The average molecular weight is 381 g/mol. The van der Waals surface area contributed by atoms with Crippen LogP contribution in [0.1, 0.15) is 29.7 Å². The summed E-state index contributed by atoms with van der Waals surface area (Å²) in [6.45, 7) is 3.16. The normalized spacial score (nSPS) is 25.0. The van der Waals surface area contributed by atoms with Gasteiger partial charge >= 0.3 is 5.97 Å². The second-order valence-corrected chi connectivity index (χ2v) is 7.12. The van der Waals surface area contributed by atoms with Crippen molar-refractivity contribution in [1.29, 1.82) is 0 Å². The first-order valence-electron chi connectivity index (χ1n) is 8.72. The van der Waals surface area contributed by atoms with Crippen LogP contribution in [0.15, 0.2) is 17.1 Å². The van der Waals surface area contributed by atoms with Crippen molar-refractivity contribution >= 4 is 22.6 Å². The summed E-state index contributed by atoms with van der Waals surface area (Å²) in [6, 6.07) is 0.117. The van der Waals surface area contributed by atoms with Crippen LogP contribution in [0.3, 0.4) is 0 Å². The standard InChI is InChI=1S/C18H18F3N3O3/c1-8-6-23(3-2-22-8)16-12(20)4-9-15(14(16)21)24(13-5-11(13)19)7-10(17(9)25)18(26)27/h4,7-8,11,13,22H,2-3,5-6H2,1H3,(H,26,27). The molecular weight excluding hydrogens is 363 g/mol. The number of hydrogen-bond acceptors (Lipinski definition) is 4. The minimum atomic E-state index is -1.52. The van der Waals surface area contributed by atoms with Gasteiger partial charge in [0.1, 0.15) is 23.2 Å². The number of hydrogen-bond donors (Lipinski definition) is 2. The minimum Gasteiger partial charge on any atom is -0.477 e. The summed E-state index contributed by atoms with van der Waals surface area (Å²) in [5, 5.41) is 12.0. The van der Waals surface area contributed by atoms with E-state index >= 15 is 4.39 Å². The van der Waals surface area contributed by atoms with E-state index in [1.165, 1.54) is 0 Å². The predicted molar refractivity (Wildman–Crippen MR) is 93.3 cm³/mol. The van der Waals surface area contributed by atoms with Gasteiger partial charge in [0.05, 0.1) is 16.9 Å². The molecule has 0 bridgehead atoms. The summed E-state index contributed by atoms with van der Waals surface area (Å²) in [7, 11) is 0. The van der Waals surface area contributed by atoms with Crippen molar-refractivity contribution < 1.29 is 23.1 Å². The molecule has 1 aliphatic heterocycles. The third-order valence-electron chi connectivity index (χ3n) is 5.14. The molecule has 144 valence electrons. The number of pyridine rings is 1. The molecule has 0 radical (unpaired) electrons. The predicted octanol–water partition coefficient (Wildman–Crippen LogP) is 2.06. The van der Waals surface area contributed by atoms with Gasteiger partial charge in [-0.2, -0.15) is 0 Å². The lowest BCUT2D eigenvalue weighted by atomic mass is 10.1. The average Bonchev–Trinajstić information content (AvgIpc) is 3.32. The van der Waals surface area contributed by atoms with Crippen molar-refractivity contribution in [2.75, 3.05) is 24.5 Å². The van der Waals surface area contributed by atoms with Crippen LogP contribution < -0.4 is 15.6 Å². The summed E-state index contributed by atoms with van der Waals surface area (Å²) in [5.41, 5.74) is -2.15. The summed E-state index contributed by atoms with van der Waals surface area (Å²) < 4.78 is 45.0. The number of aromatic nitrogens is 1. The van der Waals surface area contributed by atoms with Crippen LogP contribution >= 0.6 is 0 Å². The Morgan fingerprint density at radius 2 is 2.07 bits per heavy atom. The molecule has 9 heteroatoms. The SMILES string of the molecule is CC1CN(c2c(F)cc3c(=O)c(C(=O)O)cn(C4CC4F)c3c2F)CCN1. The van der Waals surface area contributed by atoms with Crippen LogP contribution in [-0.2, 0) is 0 Å². The Bertz CT molecular complexity index is 1010.